The quantitative estimate of drug-likeness (QED) is 0.670. The van der Waals surface area contributed by atoms with Crippen LogP contribution in [0.1, 0.15) is 12.5 Å². The summed E-state index contributed by atoms with van der Waals surface area (Å²) in [7, 11) is -3.17. The predicted octanol–water partition coefficient (Wildman–Crippen LogP) is 0.270. The highest BCUT2D eigenvalue weighted by atomic mass is 32.2. The summed E-state index contributed by atoms with van der Waals surface area (Å²) in [6.07, 6.45) is -0.594. The summed E-state index contributed by atoms with van der Waals surface area (Å²) in [5.41, 5.74) is 7.29. The van der Waals surface area contributed by atoms with Gasteiger partial charge in [-0.2, -0.15) is 0 Å². The lowest BCUT2D eigenvalue weighted by Crippen LogP contribution is -2.49. The second-order valence-corrected chi connectivity index (χ2v) is 7.43. The number of amides is 1. The van der Waals surface area contributed by atoms with Gasteiger partial charge in [-0.3, -0.25) is 0 Å². The molecule has 1 saturated heterocycles. The molecule has 4 N–H and O–H groups in total. The van der Waals surface area contributed by atoms with Crippen molar-refractivity contribution in [1.82, 2.24) is 10.6 Å². The summed E-state index contributed by atoms with van der Waals surface area (Å²) in [5, 5.41) is 5.79. The Morgan fingerprint density at radius 3 is 2.55 bits per heavy atom. The molecule has 2 rings (SSSR count). The van der Waals surface area contributed by atoms with Crippen molar-refractivity contribution in [3.63, 3.8) is 0 Å². The van der Waals surface area contributed by atoms with E-state index >= 15 is 0 Å². The predicted molar refractivity (Wildman–Crippen MR) is 84.1 cm³/mol. The van der Waals surface area contributed by atoms with Crippen LogP contribution in [0.4, 0.5) is 10.5 Å². The Labute approximate surface area is 130 Å². The van der Waals surface area contributed by atoms with Crippen molar-refractivity contribution in [3.8, 4) is 0 Å². The molecule has 1 aromatic rings. The number of carbonyl (C=O) groups is 1. The summed E-state index contributed by atoms with van der Waals surface area (Å²) >= 11 is 0. The number of rotatable bonds is 5. The highest BCUT2D eigenvalue weighted by Gasteiger charge is 2.38. The first-order valence-corrected chi connectivity index (χ1v) is 8.93. The number of anilines is 1. The molecule has 8 heteroatoms. The van der Waals surface area contributed by atoms with Crippen LogP contribution in [-0.4, -0.2) is 44.7 Å². The highest BCUT2D eigenvalue weighted by molar-refractivity contribution is 7.91. The molecule has 1 aromatic carbocycles. The minimum atomic E-state index is -3.17. The van der Waals surface area contributed by atoms with Gasteiger partial charge in [0.05, 0.1) is 24.2 Å². The Balaban J connectivity index is 1.97. The van der Waals surface area contributed by atoms with Crippen molar-refractivity contribution in [1.29, 1.82) is 0 Å². The number of ether oxygens (including phenoxy) is 1. The summed E-state index contributed by atoms with van der Waals surface area (Å²) in [6.45, 7) is 2.44. The van der Waals surface area contributed by atoms with Gasteiger partial charge in [-0.15, -0.1) is 0 Å². The van der Waals surface area contributed by atoms with E-state index in [-0.39, 0.29) is 24.2 Å². The van der Waals surface area contributed by atoms with E-state index < -0.39 is 22.0 Å². The number of hydrogen-bond donors (Lipinski definition) is 3. The zero-order valence-corrected chi connectivity index (χ0v) is 13.2. The van der Waals surface area contributed by atoms with E-state index in [4.69, 9.17) is 10.5 Å². The van der Waals surface area contributed by atoms with Crippen LogP contribution in [0.15, 0.2) is 24.3 Å². The zero-order valence-electron chi connectivity index (χ0n) is 12.4. The number of nitrogen functional groups attached to an aromatic ring is 1. The molecule has 7 nitrogen and oxygen atoms in total. The van der Waals surface area contributed by atoms with E-state index in [2.05, 4.69) is 10.6 Å². The molecule has 0 spiro atoms. The summed E-state index contributed by atoms with van der Waals surface area (Å²) in [6, 6.07) is 6.50. The van der Waals surface area contributed by atoms with Gasteiger partial charge in [0.25, 0.3) is 0 Å². The van der Waals surface area contributed by atoms with Crippen LogP contribution in [0.2, 0.25) is 0 Å². The van der Waals surface area contributed by atoms with Crippen molar-refractivity contribution in [2.45, 2.75) is 25.6 Å². The average molecular weight is 327 g/mol. The Kier molecular flexibility index (Phi) is 5.25. The van der Waals surface area contributed by atoms with Gasteiger partial charge in [0, 0.05) is 18.3 Å². The van der Waals surface area contributed by atoms with E-state index in [1.807, 2.05) is 12.1 Å². The Hall–Kier alpha value is -1.80. The maximum Gasteiger partial charge on any atom is 0.407 e. The lowest BCUT2D eigenvalue weighted by atomic mass is 10.1. The third-order valence-electron chi connectivity index (χ3n) is 3.48. The van der Waals surface area contributed by atoms with Crippen LogP contribution >= 0.6 is 0 Å². The van der Waals surface area contributed by atoms with Gasteiger partial charge in [-0.25, -0.2) is 13.2 Å². The van der Waals surface area contributed by atoms with E-state index in [1.165, 1.54) is 0 Å². The van der Waals surface area contributed by atoms with Crippen molar-refractivity contribution >= 4 is 21.6 Å². The number of sulfone groups is 1. The normalized spacial score (nSPS) is 23.1. The topological polar surface area (TPSA) is 111 Å². The monoisotopic (exact) mass is 327 g/mol. The molecule has 1 amide bonds. The Bertz CT molecular complexity index is 615. The lowest BCUT2D eigenvalue weighted by Gasteiger charge is -2.20. The second kappa shape index (κ2) is 6.97. The summed E-state index contributed by atoms with van der Waals surface area (Å²) < 4.78 is 28.4. The number of alkyl carbamates (subject to hydrolysis) is 1. The molecule has 0 radical (unpaired) electrons. The van der Waals surface area contributed by atoms with Gasteiger partial charge in [-0.1, -0.05) is 12.1 Å². The fourth-order valence-electron chi connectivity index (χ4n) is 2.40. The molecule has 0 bridgehead atoms. The van der Waals surface area contributed by atoms with E-state index in [9.17, 15) is 13.2 Å². The summed E-state index contributed by atoms with van der Waals surface area (Å²) in [5.74, 6) is -0.0791. The molecule has 0 saturated carbocycles. The molecular formula is C14H21N3O4S. The molecule has 122 valence electrons. The molecule has 2 atom stereocenters. The first-order valence-electron chi connectivity index (χ1n) is 7.11. The maximum absolute atomic E-state index is 11.8. The van der Waals surface area contributed by atoms with E-state index in [0.29, 0.717) is 12.2 Å². The van der Waals surface area contributed by atoms with Crippen molar-refractivity contribution in [2.24, 2.45) is 0 Å². The lowest BCUT2D eigenvalue weighted by molar-refractivity contribution is 0.147. The van der Waals surface area contributed by atoms with Crippen molar-refractivity contribution in [2.75, 3.05) is 23.8 Å². The largest absolute Gasteiger partial charge is 0.450 e. The van der Waals surface area contributed by atoms with Crippen LogP contribution < -0.4 is 16.4 Å². The second-order valence-electron chi connectivity index (χ2n) is 5.28. The fraction of sp³-hybridized carbons (Fsp3) is 0.500. The van der Waals surface area contributed by atoms with Crippen LogP contribution in [0, 0.1) is 0 Å². The first-order chi connectivity index (χ1) is 10.4. The zero-order chi connectivity index (χ0) is 16.2. The van der Waals surface area contributed by atoms with Gasteiger partial charge in [0.1, 0.15) is 0 Å². The molecule has 0 aliphatic carbocycles. The third kappa shape index (κ3) is 4.60. The van der Waals surface area contributed by atoms with Crippen LogP contribution in [-0.2, 0) is 21.1 Å². The SMILES string of the molecule is CCOC(=O)N[C@@H]1CS(=O)(=O)C[C@@H]1NCc1ccc(N)cc1. The van der Waals surface area contributed by atoms with Crippen LogP contribution in [0.5, 0.6) is 0 Å². The van der Waals surface area contributed by atoms with E-state index in [1.54, 1.807) is 19.1 Å². The fourth-order valence-corrected chi connectivity index (χ4v) is 4.30. The average Bonchev–Trinajstić information content (AvgIpc) is 2.72. The molecule has 1 heterocycles. The molecule has 0 unspecified atom stereocenters. The van der Waals surface area contributed by atoms with Crippen LogP contribution in [0.3, 0.4) is 0 Å². The van der Waals surface area contributed by atoms with Crippen molar-refractivity contribution in [3.05, 3.63) is 29.8 Å². The molecule has 1 aliphatic rings. The number of carbonyl (C=O) groups excluding carboxylic acids is 1. The van der Waals surface area contributed by atoms with Crippen LogP contribution in [0.25, 0.3) is 0 Å². The smallest absolute Gasteiger partial charge is 0.407 e. The minimum Gasteiger partial charge on any atom is -0.450 e. The van der Waals surface area contributed by atoms with Gasteiger partial charge in [-0.05, 0) is 24.6 Å². The third-order valence-corrected chi connectivity index (χ3v) is 5.21. The minimum absolute atomic E-state index is 0.000948. The molecule has 22 heavy (non-hydrogen) atoms. The van der Waals surface area contributed by atoms with Gasteiger partial charge in [0.15, 0.2) is 9.84 Å². The molecule has 1 aliphatic heterocycles. The standard InChI is InChI=1S/C14H21N3O4S/c1-2-21-14(18)17-13-9-22(19,20)8-12(13)16-7-10-3-5-11(15)6-4-10/h3-6,12-13,16H,2,7-9,15H2,1H3,(H,17,18)/t12-,13+/m0/s1. The van der Waals surface area contributed by atoms with Gasteiger partial charge in [0.2, 0.25) is 0 Å². The van der Waals surface area contributed by atoms with Crippen molar-refractivity contribution < 1.29 is 17.9 Å². The van der Waals surface area contributed by atoms with E-state index in [0.717, 1.165) is 5.56 Å². The molecular weight excluding hydrogens is 306 g/mol. The molecule has 0 aromatic heterocycles. The number of nitrogens with two attached hydrogens (primary N) is 1. The van der Waals surface area contributed by atoms with Gasteiger partial charge < -0.3 is 21.1 Å². The Morgan fingerprint density at radius 1 is 1.27 bits per heavy atom. The number of hydrogen-bond acceptors (Lipinski definition) is 6. The first kappa shape index (κ1) is 16.6. The molecule has 1 fully saturated rings. The summed E-state index contributed by atoms with van der Waals surface area (Å²) in [4.78, 5) is 11.5. The highest BCUT2D eigenvalue weighted by Crippen LogP contribution is 2.14. The number of benzene rings is 1. The van der Waals surface area contributed by atoms with Gasteiger partial charge >= 0.3 is 6.09 Å². The Morgan fingerprint density at radius 2 is 1.91 bits per heavy atom. The maximum atomic E-state index is 11.8. The number of nitrogens with one attached hydrogen (secondary N) is 2.